The van der Waals surface area contributed by atoms with Crippen LogP contribution in [-0.4, -0.2) is 42.4 Å². The van der Waals surface area contributed by atoms with Crippen molar-refractivity contribution in [3.8, 4) is 0 Å². The number of nitrogens with two attached hydrogens (primary N) is 1. The van der Waals surface area contributed by atoms with Crippen LogP contribution in [0.1, 0.15) is 6.42 Å². The number of anilines is 1. The number of hydrogen-bond acceptors (Lipinski definition) is 4. The van der Waals surface area contributed by atoms with Crippen molar-refractivity contribution in [2.24, 2.45) is 0 Å². The fraction of sp³-hybridized carbons (Fsp3) is 0.429. The molecule has 0 saturated heterocycles. The van der Waals surface area contributed by atoms with E-state index >= 15 is 0 Å². The molecule has 1 aromatic rings. The summed E-state index contributed by atoms with van der Waals surface area (Å²) in [4.78, 5) is 14.8. The van der Waals surface area contributed by atoms with Crippen molar-refractivity contribution in [2.45, 2.75) is 13.0 Å². The number of aryl methyl sites for hydroxylation is 1. The van der Waals surface area contributed by atoms with Crippen LogP contribution in [0.2, 0.25) is 0 Å². The van der Waals surface area contributed by atoms with Crippen LogP contribution in [0.25, 0.3) is 0 Å². The first kappa shape index (κ1) is 10.6. The van der Waals surface area contributed by atoms with Gasteiger partial charge in [0.25, 0.3) is 0 Å². The Balaban J connectivity index is 2.62. The molecule has 0 aliphatic carbocycles. The Labute approximate surface area is 92.3 Å². The first-order valence-electron chi connectivity index (χ1n) is 3.88. The Bertz CT molecular complexity index is 326. The van der Waals surface area contributed by atoms with Crippen LogP contribution in [0.15, 0.2) is 17.1 Å². The molecule has 0 atom stereocenters. The van der Waals surface area contributed by atoms with Crippen molar-refractivity contribution in [1.82, 2.24) is 9.55 Å². The molecular weight excluding hydrogens is 362 g/mol. The average Bonchev–Trinajstić information content (AvgIpc) is 2.09. The predicted molar refractivity (Wildman–Crippen MR) is 49.2 cm³/mol. The summed E-state index contributed by atoms with van der Waals surface area (Å²) in [5.41, 5.74) is 5.04. The molecule has 13 heavy (non-hydrogen) atoms. The molecule has 0 bridgehead atoms. The van der Waals surface area contributed by atoms with Gasteiger partial charge in [0.1, 0.15) is 0 Å². The quantitative estimate of drug-likeness (QED) is 0.561. The maximum atomic E-state index is 11.2. The van der Waals surface area contributed by atoms with Gasteiger partial charge in [0.2, 0.25) is 0 Å². The first-order valence-corrected chi connectivity index (χ1v) is 5.72. The van der Waals surface area contributed by atoms with Gasteiger partial charge in [-0.1, -0.05) is 0 Å². The third-order valence-corrected chi connectivity index (χ3v) is 2.47. The van der Waals surface area contributed by atoms with E-state index in [-0.39, 0.29) is 11.5 Å². The molecule has 0 fully saturated rings. The molecule has 0 spiro atoms. The third-order valence-electron chi connectivity index (χ3n) is 1.56. The molecule has 0 unspecified atom stereocenters. The van der Waals surface area contributed by atoms with E-state index in [2.05, 4.69) is 4.98 Å². The number of nitrogens with zero attached hydrogens (tertiary/aromatic N) is 2. The van der Waals surface area contributed by atoms with Crippen LogP contribution >= 0.6 is 0 Å². The van der Waals surface area contributed by atoms with E-state index in [1.165, 1.54) is 4.57 Å². The van der Waals surface area contributed by atoms with E-state index in [0.717, 1.165) is 6.42 Å². The summed E-state index contributed by atoms with van der Waals surface area (Å²) in [5.74, 6) is 0.266. The molecule has 1 rings (SSSR count). The van der Waals surface area contributed by atoms with Crippen molar-refractivity contribution in [3.05, 3.63) is 22.7 Å². The van der Waals surface area contributed by atoms with E-state index in [1.807, 2.05) is 0 Å². The Morgan fingerprint density at radius 2 is 2.46 bits per heavy atom. The van der Waals surface area contributed by atoms with Crippen molar-refractivity contribution in [2.75, 3.05) is 12.3 Å². The molecule has 6 heteroatoms. The fourth-order valence-electron chi connectivity index (χ4n) is 0.930. The molecule has 0 saturated carbocycles. The third kappa shape index (κ3) is 3.43. The van der Waals surface area contributed by atoms with Gasteiger partial charge < -0.3 is 0 Å². The zero-order valence-electron chi connectivity index (χ0n) is 7.14. The zero-order chi connectivity index (χ0) is 9.68. The van der Waals surface area contributed by atoms with E-state index in [0.29, 0.717) is 39.4 Å². The zero-order valence-corrected chi connectivity index (χ0v) is 11.6. The summed E-state index contributed by atoms with van der Waals surface area (Å²) in [6.07, 6.45) is 2.49. The summed E-state index contributed by atoms with van der Waals surface area (Å²) < 4.78 is 6.56. The molecule has 0 aliphatic heterocycles. The van der Waals surface area contributed by atoms with E-state index in [1.54, 1.807) is 12.3 Å². The molecule has 2 N–H and O–H groups in total. The summed E-state index contributed by atoms with van der Waals surface area (Å²) in [5, 5.41) is 0. The van der Waals surface area contributed by atoms with Crippen molar-refractivity contribution in [1.29, 1.82) is 0 Å². The average molecular weight is 373 g/mol. The number of rotatable bonds is 4. The Morgan fingerprint density at radius 1 is 1.69 bits per heavy atom. The van der Waals surface area contributed by atoms with Gasteiger partial charge in [0, 0.05) is 0 Å². The van der Waals surface area contributed by atoms with Crippen molar-refractivity contribution >= 4 is 32.0 Å². The number of aromatic nitrogens is 2. The van der Waals surface area contributed by atoms with Crippen LogP contribution < -0.4 is 11.4 Å². The molecule has 0 aromatic carbocycles. The number of hydrogen-bond donors (Lipinski definition) is 1. The standard InChI is InChI=1S/C7H10N3O2.Tl/c8-6-2-4-10(3-1-5-11)7(12)9-6;/h2,4H,1,3,5H2,(H2,8,9,12);/q-1;+1. The summed E-state index contributed by atoms with van der Waals surface area (Å²) in [6, 6.07) is 1.62. The second-order valence-corrected chi connectivity index (χ2v) is 3.85. The minimum atomic E-state index is -0.296. The SMILES string of the molecule is Nc1ccn(CCC[O][Tl])c(=O)n1. The van der Waals surface area contributed by atoms with Crippen molar-refractivity contribution in [3.63, 3.8) is 0 Å². The van der Waals surface area contributed by atoms with Gasteiger partial charge >= 0.3 is 92.3 Å². The van der Waals surface area contributed by atoms with Crippen LogP contribution in [0, 0.1) is 0 Å². The Kier molecular flexibility index (Phi) is 4.36. The molecule has 5 nitrogen and oxygen atoms in total. The molecular formula is C7H10N3O2Tl. The maximum absolute atomic E-state index is 11.2. The second-order valence-electron chi connectivity index (χ2n) is 2.55. The molecule has 1 aromatic heterocycles. The van der Waals surface area contributed by atoms with Crippen LogP contribution in [0.4, 0.5) is 5.82 Å². The van der Waals surface area contributed by atoms with Gasteiger partial charge in [-0.3, -0.25) is 0 Å². The van der Waals surface area contributed by atoms with Crippen LogP contribution in [0.3, 0.4) is 0 Å². The topological polar surface area (TPSA) is 70.1 Å². The predicted octanol–water partition coefficient (Wildman–Crippen LogP) is -0.684. The fourth-order valence-corrected chi connectivity index (χ4v) is 1.58. The number of nitrogen functional groups attached to an aromatic ring is 1. The van der Waals surface area contributed by atoms with Gasteiger partial charge in [-0.15, -0.1) is 0 Å². The summed E-state index contributed by atoms with van der Waals surface area (Å²) in [7, 11) is 0. The van der Waals surface area contributed by atoms with Gasteiger partial charge in [-0.25, -0.2) is 0 Å². The molecule has 0 radical (unpaired) electrons. The Morgan fingerprint density at radius 3 is 3.08 bits per heavy atom. The molecule has 0 aliphatic rings. The van der Waals surface area contributed by atoms with Gasteiger partial charge in [-0.05, 0) is 0 Å². The second kappa shape index (κ2) is 5.33. The van der Waals surface area contributed by atoms with Gasteiger partial charge in [-0.2, -0.15) is 0 Å². The van der Waals surface area contributed by atoms with Crippen LogP contribution in [0.5, 0.6) is 0 Å². The van der Waals surface area contributed by atoms with Gasteiger partial charge in [0.05, 0.1) is 0 Å². The van der Waals surface area contributed by atoms with Gasteiger partial charge in [0.15, 0.2) is 0 Å². The first-order chi connectivity index (χ1) is 6.24. The molecule has 1 heterocycles. The molecule has 0 amide bonds. The van der Waals surface area contributed by atoms with E-state index in [9.17, 15) is 4.79 Å². The van der Waals surface area contributed by atoms with E-state index in [4.69, 9.17) is 8.42 Å². The minimum absolute atomic E-state index is 0.266. The van der Waals surface area contributed by atoms with Crippen molar-refractivity contribution < 1.29 is 2.69 Å². The van der Waals surface area contributed by atoms with Crippen LogP contribution in [-0.2, 0) is 9.23 Å². The Hall–Kier alpha value is -0.438. The summed E-state index contributed by atoms with van der Waals surface area (Å²) >= 11 is 0.561. The molecule has 68 valence electrons. The summed E-state index contributed by atoms with van der Waals surface area (Å²) in [6.45, 7) is 1.35. The normalized spacial score (nSPS) is 10.1. The monoisotopic (exact) mass is 373 g/mol. The van der Waals surface area contributed by atoms with E-state index < -0.39 is 0 Å².